The number of para-hydroxylation sites is 1. The Morgan fingerprint density at radius 2 is 1.79 bits per heavy atom. The van der Waals surface area contributed by atoms with Crippen molar-refractivity contribution in [1.29, 1.82) is 0 Å². The maximum absolute atomic E-state index is 4.98. The Hall–Kier alpha value is -2.83. The smallest absolute Gasteiger partial charge is 0.211 e. The Kier molecular flexibility index (Phi) is 5.32. The highest BCUT2D eigenvalue weighted by atomic mass is 32.1. The maximum atomic E-state index is 4.98. The van der Waals surface area contributed by atoms with Crippen molar-refractivity contribution in [1.82, 2.24) is 9.66 Å². The van der Waals surface area contributed by atoms with E-state index in [9.17, 15) is 0 Å². The van der Waals surface area contributed by atoms with E-state index < -0.39 is 0 Å². The molecule has 6 heteroatoms. The number of aryl methyl sites for hydroxylation is 2. The van der Waals surface area contributed by atoms with Crippen LogP contribution < -0.4 is 4.80 Å². The van der Waals surface area contributed by atoms with E-state index >= 15 is 0 Å². The number of rotatable bonds is 4. The van der Waals surface area contributed by atoms with Gasteiger partial charge in [-0.2, -0.15) is 5.10 Å². The highest BCUT2D eigenvalue weighted by molar-refractivity contribution is 7.14. The van der Waals surface area contributed by atoms with Gasteiger partial charge in [0.1, 0.15) is 0 Å². The van der Waals surface area contributed by atoms with Gasteiger partial charge in [-0.1, -0.05) is 30.3 Å². The summed E-state index contributed by atoms with van der Waals surface area (Å²) in [6.07, 6.45) is 1.79. The zero-order valence-corrected chi connectivity index (χ0v) is 17.6. The van der Waals surface area contributed by atoms with Gasteiger partial charge in [0, 0.05) is 11.6 Å². The third-order valence-corrected chi connectivity index (χ3v) is 6.10. The number of nitrogens with zero attached hydrogens (tertiary/aromatic N) is 4. The van der Waals surface area contributed by atoms with E-state index in [0.717, 1.165) is 43.6 Å². The van der Waals surface area contributed by atoms with Crippen LogP contribution in [0.4, 0.5) is 5.69 Å². The second-order valence-electron chi connectivity index (χ2n) is 6.45. The monoisotopic (exact) mass is 404 g/mol. The van der Waals surface area contributed by atoms with Gasteiger partial charge in [-0.15, -0.1) is 22.7 Å². The minimum absolute atomic E-state index is 0.844. The minimum Gasteiger partial charge on any atom is -0.255 e. The summed E-state index contributed by atoms with van der Waals surface area (Å²) in [5.74, 6) is 0. The van der Waals surface area contributed by atoms with Gasteiger partial charge in [0.25, 0.3) is 0 Å². The van der Waals surface area contributed by atoms with Crippen LogP contribution in [0.2, 0.25) is 0 Å². The third-order valence-electron chi connectivity index (χ3n) is 4.39. The molecule has 0 bridgehead atoms. The highest BCUT2D eigenvalue weighted by Crippen LogP contribution is 2.27. The summed E-state index contributed by atoms with van der Waals surface area (Å²) in [5, 5.41) is 9.09. The first-order valence-electron chi connectivity index (χ1n) is 8.96. The zero-order chi connectivity index (χ0) is 19.5. The summed E-state index contributed by atoms with van der Waals surface area (Å²) in [4.78, 5) is 11.4. The van der Waals surface area contributed by atoms with Crippen molar-refractivity contribution in [2.75, 3.05) is 0 Å². The van der Waals surface area contributed by atoms with Gasteiger partial charge in [0.15, 0.2) is 0 Å². The molecule has 140 valence electrons. The fourth-order valence-electron chi connectivity index (χ4n) is 2.92. The van der Waals surface area contributed by atoms with Crippen LogP contribution in [-0.4, -0.2) is 15.4 Å². The molecule has 0 aliphatic carbocycles. The van der Waals surface area contributed by atoms with Gasteiger partial charge >= 0.3 is 0 Å². The molecule has 4 aromatic rings. The molecule has 0 aliphatic rings. The summed E-state index contributed by atoms with van der Waals surface area (Å²) in [6, 6.07) is 16.3. The van der Waals surface area contributed by atoms with Crippen LogP contribution >= 0.6 is 22.7 Å². The number of thiophene rings is 1. The quantitative estimate of drug-likeness (QED) is 0.397. The first kappa shape index (κ1) is 18.5. The first-order chi connectivity index (χ1) is 13.6. The van der Waals surface area contributed by atoms with E-state index in [2.05, 4.69) is 59.9 Å². The second-order valence-corrected chi connectivity index (χ2v) is 8.23. The summed E-state index contributed by atoms with van der Waals surface area (Å²) in [5.41, 5.74) is 6.06. The lowest BCUT2D eigenvalue weighted by molar-refractivity contribution is 0.847. The molecule has 0 N–H and O–H groups in total. The lowest BCUT2D eigenvalue weighted by Gasteiger charge is -2.06. The largest absolute Gasteiger partial charge is 0.255 e. The molecule has 3 heterocycles. The van der Waals surface area contributed by atoms with Crippen LogP contribution in [-0.2, 0) is 0 Å². The first-order valence-corrected chi connectivity index (χ1v) is 10.7. The molecular formula is C22H20N4S2. The summed E-state index contributed by atoms with van der Waals surface area (Å²) in [6.45, 7) is 6.16. The Bertz CT molecular complexity index is 1160. The van der Waals surface area contributed by atoms with Crippen LogP contribution in [0.3, 0.4) is 0 Å². The number of aromatic nitrogens is 2. The molecule has 0 atom stereocenters. The maximum Gasteiger partial charge on any atom is 0.211 e. The van der Waals surface area contributed by atoms with Crippen molar-refractivity contribution in [2.45, 2.75) is 20.8 Å². The summed E-state index contributed by atoms with van der Waals surface area (Å²) < 4.78 is 1.94. The SMILES string of the molecule is CC(=Nn1c(-c2cccs2)csc1=Nc1c(C)cccc1C)c1ccccn1. The molecule has 0 aliphatic heterocycles. The van der Waals surface area contributed by atoms with Gasteiger partial charge in [-0.25, -0.2) is 9.67 Å². The molecule has 4 nitrogen and oxygen atoms in total. The van der Waals surface area contributed by atoms with Gasteiger partial charge in [0.05, 0.1) is 27.7 Å². The normalized spacial score (nSPS) is 12.5. The van der Waals surface area contributed by atoms with E-state index in [4.69, 9.17) is 10.1 Å². The zero-order valence-electron chi connectivity index (χ0n) is 16.0. The number of pyridine rings is 1. The number of hydrogen-bond acceptors (Lipinski definition) is 5. The molecule has 0 amide bonds. The van der Waals surface area contributed by atoms with Crippen LogP contribution in [0.15, 0.2) is 75.6 Å². The Labute approximate surface area is 172 Å². The van der Waals surface area contributed by atoms with Gasteiger partial charge in [-0.3, -0.25) is 4.98 Å². The standard InChI is InChI=1S/C22H20N4S2/c1-15-8-6-9-16(2)21(15)24-22-26(19(14-28-22)20-11-7-13-27-20)25-17(3)18-10-4-5-12-23-18/h4-14H,1-3H3. The fourth-order valence-corrected chi connectivity index (χ4v) is 4.55. The van der Waals surface area contributed by atoms with E-state index in [0.29, 0.717) is 0 Å². The molecule has 3 aromatic heterocycles. The average molecular weight is 405 g/mol. The number of hydrogen-bond donors (Lipinski definition) is 0. The molecular weight excluding hydrogens is 384 g/mol. The van der Waals surface area contributed by atoms with Crippen molar-refractivity contribution < 1.29 is 0 Å². The van der Waals surface area contributed by atoms with Crippen LogP contribution in [0.25, 0.3) is 10.6 Å². The highest BCUT2D eigenvalue weighted by Gasteiger charge is 2.11. The lowest BCUT2D eigenvalue weighted by Crippen LogP contribution is -2.14. The number of thiazole rings is 1. The lowest BCUT2D eigenvalue weighted by atomic mass is 10.1. The van der Waals surface area contributed by atoms with Gasteiger partial charge in [-0.05, 0) is 55.5 Å². The molecule has 0 fully saturated rings. The van der Waals surface area contributed by atoms with Crippen LogP contribution in [0.5, 0.6) is 0 Å². The Morgan fingerprint density at radius 3 is 2.46 bits per heavy atom. The van der Waals surface area contributed by atoms with Crippen LogP contribution in [0, 0.1) is 13.8 Å². The third kappa shape index (κ3) is 3.74. The van der Waals surface area contributed by atoms with Crippen molar-refractivity contribution >= 4 is 34.1 Å². The fraction of sp³-hybridized carbons (Fsp3) is 0.136. The predicted octanol–water partition coefficient (Wildman–Crippen LogP) is 5.79. The predicted molar refractivity (Wildman–Crippen MR) is 119 cm³/mol. The van der Waals surface area contributed by atoms with Crippen molar-refractivity contribution in [3.8, 4) is 10.6 Å². The molecule has 0 unspecified atom stereocenters. The van der Waals surface area contributed by atoms with Gasteiger partial charge < -0.3 is 0 Å². The summed E-state index contributed by atoms with van der Waals surface area (Å²) in [7, 11) is 0. The van der Waals surface area contributed by atoms with Crippen molar-refractivity contribution in [2.24, 2.45) is 10.1 Å². The van der Waals surface area contributed by atoms with Crippen molar-refractivity contribution in [3.05, 3.63) is 87.1 Å². The van der Waals surface area contributed by atoms with E-state index in [-0.39, 0.29) is 0 Å². The molecule has 28 heavy (non-hydrogen) atoms. The Morgan fingerprint density at radius 1 is 0.964 bits per heavy atom. The molecule has 0 spiro atoms. The molecule has 1 aromatic carbocycles. The summed E-state index contributed by atoms with van der Waals surface area (Å²) >= 11 is 3.30. The molecule has 4 rings (SSSR count). The topological polar surface area (TPSA) is 42.5 Å². The number of benzene rings is 1. The van der Waals surface area contributed by atoms with Crippen molar-refractivity contribution in [3.63, 3.8) is 0 Å². The average Bonchev–Trinajstić information content (AvgIpc) is 3.36. The second kappa shape index (κ2) is 8.04. The van der Waals surface area contributed by atoms with Crippen LogP contribution in [0.1, 0.15) is 23.7 Å². The molecule has 0 saturated carbocycles. The van der Waals surface area contributed by atoms with E-state index in [1.807, 2.05) is 29.8 Å². The minimum atomic E-state index is 0.844. The van der Waals surface area contributed by atoms with Gasteiger partial charge in [0.2, 0.25) is 4.80 Å². The molecule has 0 saturated heterocycles. The van der Waals surface area contributed by atoms with E-state index in [1.54, 1.807) is 28.9 Å². The van der Waals surface area contributed by atoms with E-state index in [1.165, 1.54) is 0 Å². The molecule has 0 radical (unpaired) electrons. The Balaban J connectivity index is 1.93.